The molecule has 0 saturated carbocycles. The number of piperazine rings is 1. The van der Waals surface area contributed by atoms with Crippen molar-refractivity contribution in [3.8, 4) is 0 Å². The number of carbonyl (C=O) groups excluding carboxylic acids is 2. The van der Waals surface area contributed by atoms with Crippen LogP contribution in [0.4, 0.5) is 4.79 Å². The predicted molar refractivity (Wildman–Crippen MR) is 67.9 cm³/mol. The zero-order valence-corrected chi connectivity index (χ0v) is 11.6. The lowest BCUT2D eigenvalue weighted by Crippen LogP contribution is -2.51. The first-order valence-corrected chi connectivity index (χ1v) is 6.45. The standard InChI is InChI=1S/C12H22N2O5/c1-3-19-12(16)14-6-4-13(5-7-14)11(15)10-18-9-8-17-2/h3-10H2,1-2H3. The van der Waals surface area contributed by atoms with Crippen LogP contribution in [-0.2, 0) is 19.0 Å². The molecule has 7 heteroatoms. The first-order chi connectivity index (χ1) is 9.19. The van der Waals surface area contributed by atoms with Gasteiger partial charge >= 0.3 is 6.09 Å². The number of ether oxygens (including phenoxy) is 3. The Kier molecular flexibility index (Phi) is 7.20. The molecule has 1 heterocycles. The van der Waals surface area contributed by atoms with Crippen LogP contribution in [0.1, 0.15) is 6.92 Å². The van der Waals surface area contributed by atoms with Crippen LogP contribution in [0.2, 0.25) is 0 Å². The molecule has 1 aliphatic rings. The maximum atomic E-state index is 11.8. The van der Waals surface area contributed by atoms with Gasteiger partial charge < -0.3 is 24.0 Å². The third kappa shape index (κ3) is 5.44. The number of methoxy groups -OCH3 is 1. The Hall–Kier alpha value is -1.34. The highest BCUT2D eigenvalue weighted by atomic mass is 16.6. The molecule has 0 N–H and O–H groups in total. The molecule has 19 heavy (non-hydrogen) atoms. The van der Waals surface area contributed by atoms with Gasteiger partial charge in [0.1, 0.15) is 6.61 Å². The SMILES string of the molecule is CCOC(=O)N1CCN(C(=O)COCCOC)CC1. The van der Waals surface area contributed by atoms with Gasteiger partial charge in [-0.1, -0.05) is 0 Å². The van der Waals surface area contributed by atoms with Crippen LogP contribution in [0.3, 0.4) is 0 Å². The van der Waals surface area contributed by atoms with Gasteiger partial charge in [0.05, 0.1) is 19.8 Å². The third-order valence-electron chi connectivity index (χ3n) is 2.82. The quantitative estimate of drug-likeness (QED) is 0.635. The molecule has 0 aromatic heterocycles. The van der Waals surface area contributed by atoms with Gasteiger partial charge in [-0.2, -0.15) is 0 Å². The minimum Gasteiger partial charge on any atom is -0.450 e. The number of amides is 2. The van der Waals surface area contributed by atoms with Gasteiger partial charge in [0.2, 0.25) is 5.91 Å². The van der Waals surface area contributed by atoms with E-state index in [1.807, 2.05) is 0 Å². The summed E-state index contributed by atoms with van der Waals surface area (Å²) in [5, 5.41) is 0. The van der Waals surface area contributed by atoms with Crippen molar-refractivity contribution >= 4 is 12.0 Å². The molecule has 0 atom stereocenters. The van der Waals surface area contributed by atoms with Crippen LogP contribution in [0, 0.1) is 0 Å². The van der Waals surface area contributed by atoms with E-state index < -0.39 is 0 Å². The Morgan fingerprint density at radius 3 is 2.26 bits per heavy atom. The molecular weight excluding hydrogens is 252 g/mol. The molecule has 1 fully saturated rings. The Morgan fingerprint density at radius 2 is 1.68 bits per heavy atom. The van der Waals surface area contributed by atoms with Crippen molar-refractivity contribution < 1.29 is 23.8 Å². The Morgan fingerprint density at radius 1 is 1.05 bits per heavy atom. The molecular formula is C12H22N2O5. The fraction of sp³-hybridized carbons (Fsp3) is 0.833. The summed E-state index contributed by atoms with van der Waals surface area (Å²) >= 11 is 0. The first kappa shape index (κ1) is 15.7. The summed E-state index contributed by atoms with van der Waals surface area (Å²) in [4.78, 5) is 26.6. The van der Waals surface area contributed by atoms with Gasteiger partial charge in [0.15, 0.2) is 0 Å². The van der Waals surface area contributed by atoms with E-state index in [9.17, 15) is 9.59 Å². The van der Waals surface area contributed by atoms with Crippen LogP contribution < -0.4 is 0 Å². The topological polar surface area (TPSA) is 68.3 Å². The highest BCUT2D eigenvalue weighted by Crippen LogP contribution is 2.04. The normalized spacial score (nSPS) is 15.5. The minimum absolute atomic E-state index is 0.0559. The zero-order valence-electron chi connectivity index (χ0n) is 11.6. The van der Waals surface area contributed by atoms with Gasteiger partial charge in [-0.25, -0.2) is 4.79 Å². The number of carbonyl (C=O) groups is 2. The van der Waals surface area contributed by atoms with Crippen molar-refractivity contribution in [2.45, 2.75) is 6.92 Å². The molecule has 0 spiro atoms. The van der Waals surface area contributed by atoms with Crippen LogP contribution in [-0.4, -0.2) is 81.5 Å². The summed E-state index contributed by atoms with van der Waals surface area (Å²) in [6, 6.07) is 0. The second kappa shape index (κ2) is 8.71. The molecule has 7 nitrogen and oxygen atoms in total. The fourth-order valence-corrected chi connectivity index (χ4v) is 1.75. The van der Waals surface area contributed by atoms with E-state index in [4.69, 9.17) is 14.2 Å². The van der Waals surface area contributed by atoms with Crippen molar-refractivity contribution in [2.75, 3.05) is 59.7 Å². The average Bonchev–Trinajstić information content (AvgIpc) is 2.44. The highest BCUT2D eigenvalue weighted by molar-refractivity contribution is 5.78. The van der Waals surface area contributed by atoms with Crippen molar-refractivity contribution in [3.63, 3.8) is 0 Å². The summed E-state index contributed by atoms with van der Waals surface area (Å²) in [7, 11) is 1.58. The smallest absolute Gasteiger partial charge is 0.409 e. The van der Waals surface area contributed by atoms with Gasteiger partial charge in [-0.15, -0.1) is 0 Å². The van der Waals surface area contributed by atoms with Crippen LogP contribution in [0.15, 0.2) is 0 Å². The van der Waals surface area contributed by atoms with Crippen molar-refractivity contribution in [1.29, 1.82) is 0 Å². The van der Waals surface area contributed by atoms with E-state index in [-0.39, 0.29) is 18.6 Å². The van der Waals surface area contributed by atoms with Gasteiger partial charge in [-0.3, -0.25) is 4.79 Å². The number of hydrogen-bond donors (Lipinski definition) is 0. The third-order valence-corrected chi connectivity index (χ3v) is 2.82. The highest BCUT2D eigenvalue weighted by Gasteiger charge is 2.24. The number of hydrogen-bond acceptors (Lipinski definition) is 5. The lowest BCUT2D eigenvalue weighted by atomic mass is 10.3. The summed E-state index contributed by atoms with van der Waals surface area (Å²) in [5.74, 6) is -0.0559. The van der Waals surface area contributed by atoms with Crippen LogP contribution in [0.25, 0.3) is 0 Å². The first-order valence-electron chi connectivity index (χ1n) is 6.45. The Bertz CT molecular complexity index is 290. The second-order valence-corrected chi connectivity index (χ2v) is 4.11. The minimum atomic E-state index is -0.314. The molecule has 1 aliphatic heterocycles. The molecule has 1 saturated heterocycles. The molecule has 0 unspecified atom stereocenters. The zero-order chi connectivity index (χ0) is 14.1. The summed E-state index contributed by atoms with van der Waals surface area (Å²) in [6.45, 7) is 5.12. The second-order valence-electron chi connectivity index (χ2n) is 4.11. The van der Waals surface area contributed by atoms with Crippen molar-refractivity contribution in [3.05, 3.63) is 0 Å². The Labute approximate surface area is 113 Å². The van der Waals surface area contributed by atoms with E-state index in [0.29, 0.717) is 46.0 Å². The molecule has 2 amide bonds. The lowest BCUT2D eigenvalue weighted by Gasteiger charge is -2.33. The monoisotopic (exact) mass is 274 g/mol. The molecule has 1 rings (SSSR count). The van der Waals surface area contributed by atoms with E-state index in [1.165, 1.54) is 0 Å². The van der Waals surface area contributed by atoms with E-state index in [0.717, 1.165) is 0 Å². The maximum absolute atomic E-state index is 11.8. The molecule has 0 aliphatic carbocycles. The molecule has 0 aromatic rings. The van der Waals surface area contributed by atoms with Gasteiger partial charge in [0.25, 0.3) is 0 Å². The predicted octanol–water partition coefficient (Wildman–Crippen LogP) is -0.0499. The van der Waals surface area contributed by atoms with Gasteiger partial charge in [0, 0.05) is 33.3 Å². The van der Waals surface area contributed by atoms with E-state index >= 15 is 0 Å². The molecule has 0 bridgehead atoms. The maximum Gasteiger partial charge on any atom is 0.409 e. The van der Waals surface area contributed by atoms with E-state index in [2.05, 4.69) is 0 Å². The van der Waals surface area contributed by atoms with Crippen LogP contribution >= 0.6 is 0 Å². The summed E-state index contributed by atoms with van der Waals surface area (Å²) in [5.41, 5.74) is 0. The van der Waals surface area contributed by atoms with Gasteiger partial charge in [-0.05, 0) is 6.92 Å². The van der Waals surface area contributed by atoms with Crippen molar-refractivity contribution in [1.82, 2.24) is 9.80 Å². The number of nitrogens with zero attached hydrogens (tertiary/aromatic N) is 2. The van der Waals surface area contributed by atoms with Crippen molar-refractivity contribution in [2.24, 2.45) is 0 Å². The summed E-state index contributed by atoms with van der Waals surface area (Å²) in [6.07, 6.45) is -0.314. The molecule has 110 valence electrons. The Balaban J connectivity index is 2.21. The largest absolute Gasteiger partial charge is 0.450 e. The molecule has 0 aromatic carbocycles. The summed E-state index contributed by atoms with van der Waals surface area (Å²) < 4.78 is 14.9. The number of rotatable bonds is 6. The lowest BCUT2D eigenvalue weighted by molar-refractivity contribution is -0.138. The average molecular weight is 274 g/mol. The fourth-order valence-electron chi connectivity index (χ4n) is 1.75. The van der Waals surface area contributed by atoms with Crippen LogP contribution in [0.5, 0.6) is 0 Å². The van der Waals surface area contributed by atoms with E-state index in [1.54, 1.807) is 23.8 Å². The molecule has 0 radical (unpaired) electrons.